The summed E-state index contributed by atoms with van der Waals surface area (Å²) in [6.07, 6.45) is 0. The number of carbonyl (C=O) groups is 1. The molecule has 0 aromatic heterocycles. The lowest BCUT2D eigenvalue weighted by Gasteiger charge is -2.09. The minimum atomic E-state index is -2.08. The molecule has 0 saturated heterocycles. The number of nitro groups is 1. The molecule has 0 saturated carbocycles. The highest BCUT2D eigenvalue weighted by molar-refractivity contribution is 6.04. The average Bonchev–Trinajstić information content (AvgIpc) is 2.71. The van der Waals surface area contributed by atoms with Gasteiger partial charge in [0.1, 0.15) is 11.5 Å². The minimum Gasteiger partial charge on any atom is -0.457 e. The summed E-state index contributed by atoms with van der Waals surface area (Å²) in [5, 5.41) is 12.8. The second kappa shape index (κ2) is 7.97. The third-order valence-corrected chi connectivity index (χ3v) is 3.74. The highest BCUT2D eigenvalue weighted by Gasteiger charge is 2.23. The Kier molecular flexibility index (Phi) is 5.44. The fourth-order valence-corrected chi connectivity index (χ4v) is 2.31. The zero-order chi connectivity index (χ0) is 21.1. The molecule has 1 amide bonds. The molecule has 0 heterocycles. The van der Waals surface area contributed by atoms with Crippen LogP contribution >= 0.6 is 0 Å². The fourth-order valence-electron chi connectivity index (χ4n) is 2.31. The maximum Gasteiger partial charge on any atom is 0.269 e. The molecule has 0 radical (unpaired) electrons. The van der Waals surface area contributed by atoms with Gasteiger partial charge in [0.2, 0.25) is 0 Å². The van der Waals surface area contributed by atoms with Crippen LogP contribution in [-0.2, 0) is 0 Å². The Morgan fingerprint density at radius 1 is 0.862 bits per heavy atom. The van der Waals surface area contributed by atoms with Crippen molar-refractivity contribution in [3.8, 4) is 11.5 Å². The number of benzene rings is 3. The Hall–Kier alpha value is -3.95. The van der Waals surface area contributed by atoms with Gasteiger partial charge in [-0.2, -0.15) is 0 Å². The van der Waals surface area contributed by atoms with Gasteiger partial charge in [0.05, 0.1) is 10.5 Å². The van der Waals surface area contributed by atoms with Crippen LogP contribution in [0, 0.1) is 33.4 Å². The number of nitrogens with one attached hydrogen (secondary N) is 1. The number of ether oxygens (including phenoxy) is 1. The molecule has 3 aromatic rings. The molecule has 0 bridgehead atoms. The van der Waals surface area contributed by atoms with Crippen molar-refractivity contribution in [2.75, 3.05) is 5.32 Å². The molecule has 1 N–H and O–H groups in total. The molecule has 10 heteroatoms. The Balaban J connectivity index is 1.71. The monoisotopic (exact) mass is 406 g/mol. The highest BCUT2D eigenvalue weighted by atomic mass is 19.2. The first-order valence-corrected chi connectivity index (χ1v) is 7.93. The van der Waals surface area contributed by atoms with Crippen LogP contribution in [0.3, 0.4) is 0 Å². The number of anilines is 1. The van der Waals surface area contributed by atoms with E-state index >= 15 is 0 Å². The van der Waals surface area contributed by atoms with Crippen LogP contribution in [0.2, 0.25) is 0 Å². The van der Waals surface area contributed by atoms with Crippen molar-refractivity contribution in [3.05, 3.63) is 93.5 Å². The summed E-state index contributed by atoms with van der Waals surface area (Å²) in [7, 11) is 0. The Morgan fingerprint density at radius 3 is 1.97 bits per heavy atom. The van der Waals surface area contributed by atoms with Gasteiger partial charge in [0.15, 0.2) is 23.3 Å². The standard InChI is InChI=1S/C19H10F4N2O4/c20-15-9-14(16(21)18(23)17(15)22)19(26)24-10-1-5-12(6-2-10)29-13-7-3-11(4-8-13)25(27)28/h1-9H,(H,24,26). The molecule has 0 fully saturated rings. The molecule has 0 aliphatic carbocycles. The lowest BCUT2D eigenvalue weighted by Crippen LogP contribution is -2.16. The maximum atomic E-state index is 13.7. The van der Waals surface area contributed by atoms with Crippen molar-refractivity contribution in [1.82, 2.24) is 0 Å². The first-order valence-electron chi connectivity index (χ1n) is 7.93. The van der Waals surface area contributed by atoms with Gasteiger partial charge < -0.3 is 10.1 Å². The second-order valence-corrected chi connectivity index (χ2v) is 5.68. The van der Waals surface area contributed by atoms with Crippen molar-refractivity contribution in [1.29, 1.82) is 0 Å². The van der Waals surface area contributed by atoms with E-state index < -0.39 is 39.7 Å². The lowest BCUT2D eigenvalue weighted by molar-refractivity contribution is -0.384. The zero-order valence-electron chi connectivity index (χ0n) is 14.3. The van der Waals surface area contributed by atoms with Gasteiger partial charge in [-0.3, -0.25) is 14.9 Å². The van der Waals surface area contributed by atoms with E-state index in [1.54, 1.807) is 0 Å². The van der Waals surface area contributed by atoms with Crippen LogP contribution < -0.4 is 10.1 Å². The molecule has 0 spiro atoms. The number of amides is 1. The minimum absolute atomic E-state index is 0.101. The van der Waals surface area contributed by atoms with E-state index in [0.717, 1.165) is 0 Å². The molecule has 6 nitrogen and oxygen atoms in total. The first kappa shape index (κ1) is 19.8. The van der Waals surface area contributed by atoms with Crippen LogP contribution in [0.5, 0.6) is 11.5 Å². The smallest absolute Gasteiger partial charge is 0.269 e. The van der Waals surface area contributed by atoms with Crippen molar-refractivity contribution in [2.24, 2.45) is 0 Å². The third-order valence-electron chi connectivity index (χ3n) is 3.74. The summed E-state index contributed by atoms with van der Waals surface area (Å²) >= 11 is 0. The number of hydrogen-bond donors (Lipinski definition) is 1. The fraction of sp³-hybridized carbons (Fsp3) is 0. The van der Waals surface area contributed by atoms with E-state index in [-0.39, 0.29) is 17.4 Å². The zero-order valence-corrected chi connectivity index (χ0v) is 14.3. The number of carbonyl (C=O) groups excluding carboxylic acids is 1. The first-order chi connectivity index (χ1) is 13.8. The van der Waals surface area contributed by atoms with E-state index in [2.05, 4.69) is 5.32 Å². The van der Waals surface area contributed by atoms with Crippen molar-refractivity contribution in [2.45, 2.75) is 0 Å². The largest absolute Gasteiger partial charge is 0.457 e. The molecular formula is C19H10F4N2O4. The Morgan fingerprint density at radius 2 is 1.41 bits per heavy atom. The molecule has 29 heavy (non-hydrogen) atoms. The number of non-ortho nitro benzene ring substituents is 1. The molecular weight excluding hydrogens is 396 g/mol. The van der Waals surface area contributed by atoms with Gasteiger partial charge in [-0.25, -0.2) is 17.6 Å². The number of nitrogens with zero attached hydrogens (tertiary/aromatic N) is 1. The molecule has 3 rings (SSSR count). The third kappa shape index (κ3) is 4.32. The van der Waals surface area contributed by atoms with E-state index in [9.17, 15) is 32.5 Å². The van der Waals surface area contributed by atoms with Crippen LogP contribution in [0.4, 0.5) is 28.9 Å². The predicted octanol–water partition coefficient (Wildman–Crippen LogP) is 5.20. The van der Waals surface area contributed by atoms with Gasteiger partial charge >= 0.3 is 0 Å². The van der Waals surface area contributed by atoms with E-state index in [1.165, 1.54) is 48.5 Å². The molecule has 0 unspecified atom stereocenters. The van der Waals surface area contributed by atoms with Gasteiger partial charge in [-0.05, 0) is 42.5 Å². The van der Waals surface area contributed by atoms with Crippen molar-refractivity contribution < 1.29 is 32.0 Å². The number of halogens is 4. The quantitative estimate of drug-likeness (QED) is 0.208. The molecule has 148 valence electrons. The van der Waals surface area contributed by atoms with Crippen LogP contribution in [0.15, 0.2) is 54.6 Å². The number of rotatable bonds is 5. The molecule has 0 atom stereocenters. The summed E-state index contributed by atoms with van der Waals surface area (Å²) in [5.74, 6) is -8.12. The van der Waals surface area contributed by atoms with E-state index in [1.807, 2.05) is 0 Å². The second-order valence-electron chi connectivity index (χ2n) is 5.68. The summed E-state index contributed by atoms with van der Waals surface area (Å²) in [6.45, 7) is 0. The number of hydrogen-bond acceptors (Lipinski definition) is 4. The van der Waals surface area contributed by atoms with Gasteiger partial charge in [0, 0.05) is 17.8 Å². The predicted molar refractivity (Wildman–Crippen MR) is 93.8 cm³/mol. The average molecular weight is 406 g/mol. The molecule has 0 aliphatic rings. The summed E-state index contributed by atoms with van der Waals surface area (Å²) < 4.78 is 58.6. The normalized spacial score (nSPS) is 10.5. The van der Waals surface area contributed by atoms with Gasteiger partial charge in [-0.15, -0.1) is 0 Å². The Labute approximate surface area is 160 Å². The van der Waals surface area contributed by atoms with Crippen molar-refractivity contribution >= 4 is 17.3 Å². The summed E-state index contributed by atoms with van der Waals surface area (Å²) in [5.41, 5.74) is -0.945. The van der Waals surface area contributed by atoms with E-state index in [0.29, 0.717) is 11.5 Å². The van der Waals surface area contributed by atoms with Crippen LogP contribution in [0.1, 0.15) is 10.4 Å². The summed E-state index contributed by atoms with van der Waals surface area (Å²) in [4.78, 5) is 22.1. The van der Waals surface area contributed by atoms with Gasteiger partial charge in [0.25, 0.3) is 11.6 Å². The summed E-state index contributed by atoms with van der Waals surface area (Å²) in [6, 6.07) is 11.2. The topological polar surface area (TPSA) is 81.5 Å². The maximum absolute atomic E-state index is 13.7. The molecule has 3 aromatic carbocycles. The number of nitro benzene ring substituents is 1. The Bertz CT molecular complexity index is 1090. The van der Waals surface area contributed by atoms with E-state index in [4.69, 9.17) is 4.74 Å². The lowest BCUT2D eigenvalue weighted by atomic mass is 10.1. The van der Waals surface area contributed by atoms with Crippen LogP contribution in [-0.4, -0.2) is 10.8 Å². The van der Waals surface area contributed by atoms with Crippen LogP contribution in [0.25, 0.3) is 0 Å². The van der Waals surface area contributed by atoms with Gasteiger partial charge in [-0.1, -0.05) is 0 Å². The molecule has 0 aliphatic heterocycles. The van der Waals surface area contributed by atoms with Crippen molar-refractivity contribution in [3.63, 3.8) is 0 Å². The highest BCUT2D eigenvalue weighted by Crippen LogP contribution is 2.25. The SMILES string of the molecule is O=C(Nc1ccc(Oc2ccc([N+](=O)[O-])cc2)cc1)c1cc(F)c(F)c(F)c1F.